The molecule has 0 saturated carbocycles. The third kappa shape index (κ3) is 1.22. The van der Waals surface area contributed by atoms with Crippen molar-refractivity contribution < 1.29 is 4.74 Å². The van der Waals surface area contributed by atoms with Crippen molar-refractivity contribution in [3.8, 4) is 3.77 Å². The Kier molecular flexibility index (Phi) is 1.78. The summed E-state index contributed by atoms with van der Waals surface area (Å²) in [7, 11) is 1.73. The van der Waals surface area contributed by atoms with Crippen LogP contribution in [0.1, 0.15) is 0 Å². The van der Waals surface area contributed by atoms with Gasteiger partial charge in [0.05, 0.1) is 0 Å². The van der Waals surface area contributed by atoms with E-state index in [-0.39, 0.29) is 20.4 Å². The Hall–Kier alpha value is 0.0696. The van der Waals surface area contributed by atoms with E-state index in [1.807, 2.05) is 6.07 Å². The predicted molar refractivity (Wildman–Crippen MR) is 29.9 cm³/mol. The van der Waals surface area contributed by atoms with Crippen LogP contribution in [0, 0.1) is 0 Å². The normalized spacial score (nSPS) is 8.71. The molecule has 0 spiro atoms. The summed E-state index contributed by atoms with van der Waals surface area (Å²) in [6.07, 6.45) is 0. The minimum atomic E-state index is -0.0171. The second-order valence-electron chi connectivity index (χ2n) is 1.14. The van der Waals surface area contributed by atoms with Gasteiger partial charge in [0.1, 0.15) is 0 Å². The Labute approximate surface area is 52.5 Å². The fourth-order valence-corrected chi connectivity index (χ4v) is 1.93. The first-order valence-corrected chi connectivity index (χ1v) is 4.52. The van der Waals surface area contributed by atoms with Gasteiger partial charge in [-0.15, -0.1) is 0 Å². The second-order valence-corrected chi connectivity index (χ2v) is 3.73. The first kappa shape index (κ1) is 5.21. The standard InChI is InChI=1S/C5H6OTe/c1-6-5-3-2-4-7-5/h2-4H,1H3. The van der Waals surface area contributed by atoms with E-state index in [0.717, 1.165) is 0 Å². The molecular weight excluding hydrogens is 204 g/mol. The van der Waals surface area contributed by atoms with Crippen LogP contribution in [0.15, 0.2) is 16.2 Å². The summed E-state index contributed by atoms with van der Waals surface area (Å²) in [5.41, 5.74) is 0. The van der Waals surface area contributed by atoms with Gasteiger partial charge in [-0.05, 0) is 0 Å². The Balaban J connectivity index is 2.76. The van der Waals surface area contributed by atoms with Crippen molar-refractivity contribution in [2.24, 2.45) is 0 Å². The summed E-state index contributed by atoms with van der Waals surface area (Å²) < 4.78 is 8.35. The number of hydrogen-bond donors (Lipinski definition) is 0. The van der Waals surface area contributed by atoms with E-state index >= 15 is 0 Å². The number of rotatable bonds is 1. The summed E-state index contributed by atoms with van der Waals surface area (Å²) in [4.78, 5) is 0. The van der Waals surface area contributed by atoms with Crippen molar-refractivity contribution in [2.45, 2.75) is 0 Å². The van der Waals surface area contributed by atoms with Crippen LogP contribution in [0.2, 0.25) is 0 Å². The molecule has 1 rings (SSSR count). The van der Waals surface area contributed by atoms with E-state index in [1.165, 1.54) is 3.77 Å². The van der Waals surface area contributed by atoms with Crippen molar-refractivity contribution in [3.63, 3.8) is 0 Å². The molecule has 7 heavy (non-hydrogen) atoms. The quantitative estimate of drug-likeness (QED) is 0.621. The molecular formula is C5H6OTe. The predicted octanol–water partition coefficient (Wildman–Crippen LogP) is 0.752. The summed E-state index contributed by atoms with van der Waals surface area (Å²) in [5.74, 6) is 0. The fourth-order valence-electron chi connectivity index (χ4n) is 0.380. The molecule has 0 amide bonds. The van der Waals surface area contributed by atoms with Gasteiger partial charge in [-0.25, -0.2) is 0 Å². The molecule has 0 N–H and O–H groups in total. The van der Waals surface area contributed by atoms with Gasteiger partial charge in [-0.3, -0.25) is 0 Å². The van der Waals surface area contributed by atoms with E-state index in [0.29, 0.717) is 0 Å². The van der Waals surface area contributed by atoms with E-state index in [4.69, 9.17) is 4.74 Å². The van der Waals surface area contributed by atoms with E-state index in [1.54, 1.807) is 7.11 Å². The molecule has 1 aromatic heterocycles. The maximum absolute atomic E-state index is 4.97. The maximum atomic E-state index is 4.97. The fraction of sp³-hybridized carbons (Fsp3) is 0.200. The Bertz CT molecular complexity index is 123. The van der Waals surface area contributed by atoms with Crippen LogP contribution >= 0.6 is 0 Å². The molecule has 1 aromatic rings. The van der Waals surface area contributed by atoms with Gasteiger partial charge in [-0.2, -0.15) is 0 Å². The monoisotopic (exact) mass is 212 g/mol. The van der Waals surface area contributed by atoms with Gasteiger partial charge in [0.25, 0.3) is 0 Å². The molecule has 2 heteroatoms. The van der Waals surface area contributed by atoms with Crippen molar-refractivity contribution in [1.29, 1.82) is 0 Å². The van der Waals surface area contributed by atoms with Crippen LogP contribution in [0.4, 0.5) is 0 Å². The van der Waals surface area contributed by atoms with Crippen molar-refractivity contribution in [3.05, 3.63) is 16.2 Å². The number of ether oxygens (including phenoxy) is 1. The van der Waals surface area contributed by atoms with Gasteiger partial charge in [-0.1, -0.05) is 0 Å². The first-order valence-electron chi connectivity index (χ1n) is 2.01. The van der Waals surface area contributed by atoms with E-state index < -0.39 is 0 Å². The third-order valence-corrected chi connectivity index (χ3v) is 3.06. The van der Waals surface area contributed by atoms with Gasteiger partial charge >= 0.3 is 52.3 Å². The molecule has 38 valence electrons. The number of methoxy groups -OCH3 is 1. The third-order valence-electron chi connectivity index (χ3n) is 0.696. The van der Waals surface area contributed by atoms with Crippen LogP contribution in [-0.2, 0) is 0 Å². The van der Waals surface area contributed by atoms with Crippen LogP contribution in [0.25, 0.3) is 0 Å². The SMILES string of the molecule is COc1ccc[te]1. The van der Waals surface area contributed by atoms with Gasteiger partial charge < -0.3 is 0 Å². The molecule has 0 aliphatic carbocycles. The number of hydrogen-bond acceptors (Lipinski definition) is 1. The Morgan fingerprint density at radius 2 is 2.57 bits per heavy atom. The zero-order valence-electron chi connectivity index (χ0n) is 4.05. The molecule has 0 aliphatic heterocycles. The summed E-state index contributed by atoms with van der Waals surface area (Å²) in [5, 5.41) is 0. The van der Waals surface area contributed by atoms with Crippen LogP contribution < -0.4 is 4.74 Å². The van der Waals surface area contributed by atoms with Crippen molar-refractivity contribution in [1.82, 2.24) is 0 Å². The molecule has 0 radical (unpaired) electrons. The minimum absolute atomic E-state index is 0.0171. The summed E-state index contributed by atoms with van der Waals surface area (Å²) in [6, 6.07) is 4.09. The van der Waals surface area contributed by atoms with Gasteiger partial charge in [0, 0.05) is 0 Å². The van der Waals surface area contributed by atoms with Crippen LogP contribution in [-0.4, -0.2) is 27.5 Å². The van der Waals surface area contributed by atoms with Gasteiger partial charge in [0.15, 0.2) is 0 Å². The zero-order valence-corrected chi connectivity index (χ0v) is 6.38. The zero-order chi connectivity index (χ0) is 5.11. The molecule has 0 aliphatic rings. The average molecular weight is 210 g/mol. The van der Waals surface area contributed by atoms with Crippen molar-refractivity contribution in [2.75, 3.05) is 7.11 Å². The first-order chi connectivity index (χ1) is 3.43. The van der Waals surface area contributed by atoms with Crippen molar-refractivity contribution >= 4 is 20.4 Å². The Morgan fingerprint density at radius 1 is 1.71 bits per heavy atom. The topological polar surface area (TPSA) is 9.23 Å². The average Bonchev–Trinajstić information content (AvgIpc) is 2.14. The van der Waals surface area contributed by atoms with E-state index in [9.17, 15) is 0 Å². The van der Waals surface area contributed by atoms with Crippen LogP contribution in [0.3, 0.4) is 0 Å². The second kappa shape index (κ2) is 2.40. The molecule has 1 heterocycles. The molecule has 1 nitrogen and oxygen atoms in total. The molecule has 0 fully saturated rings. The Morgan fingerprint density at radius 3 is 2.86 bits per heavy atom. The summed E-state index contributed by atoms with van der Waals surface area (Å²) in [6.45, 7) is 0. The van der Waals surface area contributed by atoms with Gasteiger partial charge in [0.2, 0.25) is 0 Å². The summed E-state index contributed by atoms with van der Waals surface area (Å²) >= 11 is -0.0171. The molecule has 0 bridgehead atoms. The molecule has 0 unspecified atom stereocenters. The van der Waals surface area contributed by atoms with E-state index in [2.05, 4.69) is 10.1 Å². The molecule has 0 saturated heterocycles. The molecule has 0 atom stereocenters. The molecule has 0 aromatic carbocycles. The van der Waals surface area contributed by atoms with Crippen LogP contribution in [0.5, 0.6) is 3.77 Å².